The number of hydrogen-bond acceptors (Lipinski definition) is 4. The van der Waals surface area contributed by atoms with Crippen molar-refractivity contribution in [2.45, 2.75) is 13.5 Å². The van der Waals surface area contributed by atoms with E-state index in [1.807, 2.05) is 14.0 Å². The Bertz CT molecular complexity index is 746. The maximum absolute atomic E-state index is 11.0. The van der Waals surface area contributed by atoms with Gasteiger partial charge in [-0.15, -0.1) is 0 Å². The number of nitrogens with one attached hydrogen (secondary N) is 1. The molecule has 0 aliphatic heterocycles. The Morgan fingerprint density at radius 1 is 1.48 bits per heavy atom. The molecule has 0 aliphatic carbocycles. The van der Waals surface area contributed by atoms with Crippen LogP contribution in [0.1, 0.15) is 17.0 Å². The topological polar surface area (TPSA) is 83.9 Å². The fourth-order valence-electron chi connectivity index (χ4n) is 2.04. The third kappa shape index (κ3) is 2.98. The molecule has 1 heterocycles. The third-order valence-corrected chi connectivity index (χ3v) is 3.62. The molecule has 0 saturated carbocycles. The highest BCUT2D eigenvalue weighted by molar-refractivity contribution is 6.30. The van der Waals surface area contributed by atoms with Crippen molar-refractivity contribution < 1.29 is 4.92 Å². The Morgan fingerprint density at radius 2 is 2.19 bits per heavy atom. The first kappa shape index (κ1) is 14.9. The van der Waals surface area contributed by atoms with Gasteiger partial charge in [0.1, 0.15) is 17.5 Å². The summed E-state index contributed by atoms with van der Waals surface area (Å²) in [7, 11) is 1.81. The first-order chi connectivity index (χ1) is 9.93. The summed E-state index contributed by atoms with van der Waals surface area (Å²) in [6.07, 6.45) is 0. The second kappa shape index (κ2) is 5.85. The molecule has 0 spiro atoms. The molecule has 1 N–H and O–H groups in total. The smallest absolute Gasteiger partial charge is 0.293 e. The molecule has 0 unspecified atom stereocenters. The number of nitro benzene ring substituents is 1. The molecule has 108 valence electrons. The van der Waals surface area contributed by atoms with Crippen LogP contribution < -0.4 is 5.32 Å². The monoisotopic (exact) mass is 304 g/mol. The van der Waals surface area contributed by atoms with Gasteiger partial charge in [0.15, 0.2) is 0 Å². The van der Waals surface area contributed by atoms with Gasteiger partial charge in [-0.1, -0.05) is 11.6 Å². The van der Waals surface area contributed by atoms with Gasteiger partial charge >= 0.3 is 0 Å². The van der Waals surface area contributed by atoms with Crippen LogP contribution in [0.5, 0.6) is 0 Å². The Morgan fingerprint density at radius 3 is 2.76 bits per heavy atom. The highest BCUT2D eigenvalue weighted by Crippen LogP contribution is 2.28. The number of aromatic nitrogens is 1. The molecule has 7 heteroatoms. The maximum Gasteiger partial charge on any atom is 0.293 e. The van der Waals surface area contributed by atoms with Crippen LogP contribution in [0.4, 0.5) is 11.4 Å². The van der Waals surface area contributed by atoms with Crippen molar-refractivity contribution >= 4 is 23.0 Å². The zero-order chi connectivity index (χ0) is 15.6. The average molecular weight is 305 g/mol. The Labute approximate surface area is 126 Å². The second-order valence-electron chi connectivity index (χ2n) is 4.58. The van der Waals surface area contributed by atoms with Crippen LogP contribution in [-0.2, 0) is 13.6 Å². The summed E-state index contributed by atoms with van der Waals surface area (Å²) in [6.45, 7) is 2.29. The summed E-state index contributed by atoms with van der Waals surface area (Å²) in [5, 5.41) is 23.3. The summed E-state index contributed by atoms with van der Waals surface area (Å²) in [5.41, 5.74) is 2.73. The molecular weight excluding hydrogens is 292 g/mol. The number of anilines is 1. The average Bonchev–Trinajstić information content (AvgIpc) is 2.73. The van der Waals surface area contributed by atoms with Crippen LogP contribution in [0.3, 0.4) is 0 Å². The van der Waals surface area contributed by atoms with E-state index in [1.54, 1.807) is 22.8 Å². The lowest BCUT2D eigenvalue weighted by Gasteiger charge is -2.07. The van der Waals surface area contributed by atoms with E-state index in [0.29, 0.717) is 22.9 Å². The largest absolute Gasteiger partial charge is 0.375 e. The minimum absolute atomic E-state index is 0.0726. The van der Waals surface area contributed by atoms with Gasteiger partial charge in [-0.3, -0.25) is 10.1 Å². The minimum Gasteiger partial charge on any atom is -0.375 e. The molecule has 21 heavy (non-hydrogen) atoms. The molecule has 0 bridgehead atoms. The van der Waals surface area contributed by atoms with Gasteiger partial charge in [0, 0.05) is 30.4 Å². The first-order valence-corrected chi connectivity index (χ1v) is 6.55. The summed E-state index contributed by atoms with van der Waals surface area (Å²) in [6, 6.07) is 8.34. The number of nitro groups is 1. The van der Waals surface area contributed by atoms with Crippen molar-refractivity contribution in [3.63, 3.8) is 0 Å². The molecule has 6 nitrogen and oxygen atoms in total. The summed E-state index contributed by atoms with van der Waals surface area (Å²) in [5.74, 6) is 0. The van der Waals surface area contributed by atoms with E-state index < -0.39 is 4.92 Å². The van der Waals surface area contributed by atoms with E-state index in [9.17, 15) is 10.1 Å². The number of rotatable bonds is 4. The molecule has 0 atom stereocenters. The van der Waals surface area contributed by atoms with Crippen LogP contribution in [0.25, 0.3) is 0 Å². The van der Waals surface area contributed by atoms with Gasteiger partial charge in [0.25, 0.3) is 5.69 Å². The number of benzene rings is 1. The molecule has 1 aromatic carbocycles. The zero-order valence-electron chi connectivity index (χ0n) is 11.6. The second-order valence-corrected chi connectivity index (χ2v) is 5.02. The molecule has 2 rings (SSSR count). The molecule has 2 aromatic rings. The predicted octanol–water partition coefficient (Wildman–Crippen LogP) is 3.38. The van der Waals surface area contributed by atoms with E-state index in [1.165, 1.54) is 6.07 Å². The highest BCUT2D eigenvalue weighted by Gasteiger charge is 2.15. The van der Waals surface area contributed by atoms with E-state index in [0.717, 1.165) is 11.3 Å². The maximum atomic E-state index is 11.0. The fraction of sp³-hybridized carbons (Fsp3) is 0.214. The van der Waals surface area contributed by atoms with Gasteiger partial charge in [-0.05, 0) is 30.7 Å². The highest BCUT2D eigenvalue weighted by atomic mass is 35.5. The van der Waals surface area contributed by atoms with Crippen LogP contribution in [0.2, 0.25) is 5.02 Å². The van der Waals surface area contributed by atoms with Gasteiger partial charge in [-0.25, -0.2) is 0 Å². The zero-order valence-corrected chi connectivity index (χ0v) is 12.3. The van der Waals surface area contributed by atoms with E-state index in [4.69, 9.17) is 16.9 Å². The van der Waals surface area contributed by atoms with Gasteiger partial charge < -0.3 is 9.88 Å². The van der Waals surface area contributed by atoms with Crippen molar-refractivity contribution in [3.05, 3.63) is 56.4 Å². The summed E-state index contributed by atoms with van der Waals surface area (Å²) >= 11 is 5.77. The quantitative estimate of drug-likeness (QED) is 0.693. The number of hydrogen-bond donors (Lipinski definition) is 1. The fourth-order valence-corrected chi connectivity index (χ4v) is 2.21. The lowest BCUT2D eigenvalue weighted by Crippen LogP contribution is -2.04. The van der Waals surface area contributed by atoms with Crippen molar-refractivity contribution in [3.8, 4) is 6.07 Å². The Kier molecular flexibility index (Phi) is 4.15. The summed E-state index contributed by atoms with van der Waals surface area (Å²) < 4.78 is 1.79. The number of halogens is 1. The minimum atomic E-state index is -0.479. The van der Waals surface area contributed by atoms with Crippen LogP contribution >= 0.6 is 11.6 Å². The normalized spacial score (nSPS) is 10.2. The SMILES string of the molecule is Cc1c(CNc2ccc(Cl)cc2[N+](=O)[O-])cc(C#N)n1C. The third-order valence-electron chi connectivity index (χ3n) is 3.38. The number of nitriles is 1. The van der Waals surface area contributed by atoms with Crippen LogP contribution in [-0.4, -0.2) is 9.49 Å². The molecule has 0 radical (unpaired) electrons. The van der Waals surface area contributed by atoms with Crippen LogP contribution in [0, 0.1) is 28.4 Å². The van der Waals surface area contributed by atoms with Crippen molar-refractivity contribution in [1.82, 2.24) is 4.57 Å². The molecular formula is C14H13ClN4O2. The molecule has 0 amide bonds. The van der Waals surface area contributed by atoms with Crippen molar-refractivity contribution in [2.24, 2.45) is 7.05 Å². The van der Waals surface area contributed by atoms with E-state index in [-0.39, 0.29) is 5.69 Å². The standard InChI is InChI=1S/C14H13ClN4O2/c1-9-10(5-12(7-16)18(9)2)8-17-13-4-3-11(15)6-14(13)19(20)21/h3-6,17H,8H2,1-2H3. The Hall–Kier alpha value is -2.52. The van der Waals surface area contributed by atoms with Crippen LogP contribution in [0.15, 0.2) is 24.3 Å². The summed E-state index contributed by atoms with van der Waals surface area (Å²) in [4.78, 5) is 10.5. The first-order valence-electron chi connectivity index (χ1n) is 6.17. The van der Waals surface area contributed by atoms with E-state index in [2.05, 4.69) is 11.4 Å². The van der Waals surface area contributed by atoms with Gasteiger partial charge in [0.05, 0.1) is 4.92 Å². The molecule has 0 saturated heterocycles. The van der Waals surface area contributed by atoms with Crippen molar-refractivity contribution in [1.29, 1.82) is 5.26 Å². The lowest BCUT2D eigenvalue weighted by molar-refractivity contribution is -0.383. The predicted molar refractivity (Wildman–Crippen MR) is 80.3 cm³/mol. The molecule has 1 aromatic heterocycles. The lowest BCUT2D eigenvalue weighted by atomic mass is 10.2. The Balaban J connectivity index is 2.25. The molecule has 0 aliphatic rings. The molecule has 0 fully saturated rings. The van der Waals surface area contributed by atoms with Gasteiger partial charge in [0.2, 0.25) is 0 Å². The van der Waals surface area contributed by atoms with Crippen molar-refractivity contribution in [2.75, 3.05) is 5.32 Å². The van der Waals surface area contributed by atoms with E-state index >= 15 is 0 Å². The number of nitrogens with zero attached hydrogens (tertiary/aromatic N) is 3. The van der Waals surface area contributed by atoms with Gasteiger partial charge in [-0.2, -0.15) is 5.26 Å².